The lowest BCUT2D eigenvalue weighted by atomic mass is 10.2. The van der Waals surface area contributed by atoms with Gasteiger partial charge in [-0.05, 0) is 38.1 Å². The first-order valence-electron chi connectivity index (χ1n) is 8.92. The Bertz CT molecular complexity index is 855. The number of fused-ring (bicyclic) bond motifs is 3. The molecule has 1 atom stereocenters. The molecule has 1 aromatic carbocycles. The fourth-order valence-electron chi connectivity index (χ4n) is 3.75. The first-order valence-corrected chi connectivity index (χ1v) is 8.92. The van der Waals surface area contributed by atoms with Crippen LogP contribution in [0.25, 0.3) is 16.7 Å². The highest BCUT2D eigenvalue weighted by molar-refractivity contribution is 5.82. The molecule has 24 heavy (non-hydrogen) atoms. The number of hydrogen-bond donors (Lipinski definition) is 1. The van der Waals surface area contributed by atoms with E-state index in [1.807, 2.05) is 18.2 Å². The van der Waals surface area contributed by atoms with Crippen molar-refractivity contribution in [2.24, 2.45) is 0 Å². The number of rotatable bonds is 5. The van der Waals surface area contributed by atoms with Crippen molar-refractivity contribution in [2.75, 3.05) is 25.0 Å². The Labute approximate surface area is 141 Å². The second-order valence-electron chi connectivity index (χ2n) is 6.38. The molecule has 126 valence electrons. The van der Waals surface area contributed by atoms with Gasteiger partial charge in [0.1, 0.15) is 5.82 Å². The molecule has 1 fully saturated rings. The molecule has 6 heteroatoms. The van der Waals surface area contributed by atoms with Crippen molar-refractivity contribution in [1.29, 1.82) is 0 Å². The highest BCUT2D eigenvalue weighted by Gasteiger charge is 2.23. The maximum atomic E-state index is 4.81. The molecule has 3 aromatic rings. The van der Waals surface area contributed by atoms with E-state index in [-0.39, 0.29) is 0 Å². The minimum Gasteiger partial charge on any atom is -0.365 e. The van der Waals surface area contributed by atoms with E-state index in [1.54, 1.807) is 0 Å². The fourth-order valence-corrected chi connectivity index (χ4v) is 3.75. The van der Waals surface area contributed by atoms with Gasteiger partial charge in [0.2, 0.25) is 5.65 Å². The van der Waals surface area contributed by atoms with Gasteiger partial charge < -0.3 is 5.32 Å². The molecule has 1 aliphatic rings. The number of anilines is 1. The average molecular weight is 324 g/mol. The zero-order valence-corrected chi connectivity index (χ0v) is 14.4. The number of likely N-dealkylation sites (N-methyl/N-ethyl adjacent to an activating group) is 1. The minimum atomic E-state index is 0.580. The maximum absolute atomic E-state index is 4.81. The fraction of sp³-hybridized carbons (Fsp3) is 0.500. The molecule has 6 nitrogen and oxygen atoms in total. The monoisotopic (exact) mass is 324 g/mol. The third-order valence-corrected chi connectivity index (χ3v) is 5.02. The van der Waals surface area contributed by atoms with Gasteiger partial charge in [0, 0.05) is 19.0 Å². The van der Waals surface area contributed by atoms with Gasteiger partial charge in [-0.3, -0.25) is 9.30 Å². The smallest absolute Gasteiger partial charge is 0.204 e. The molecule has 1 aliphatic heterocycles. The molecule has 0 saturated carbocycles. The molecule has 0 spiro atoms. The summed E-state index contributed by atoms with van der Waals surface area (Å²) in [5.74, 6) is 1.81. The Morgan fingerprint density at radius 2 is 2.08 bits per heavy atom. The van der Waals surface area contributed by atoms with Crippen LogP contribution in [0.4, 0.5) is 5.82 Å². The number of para-hydroxylation sites is 2. The van der Waals surface area contributed by atoms with Gasteiger partial charge >= 0.3 is 0 Å². The van der Waals surface area contributed by atoms with E-state index in [0.29, 0.717) is 6.04 Å². The van der Waals surface area contributed by atoms with Crippen LogP contribution >= 0.6 is 0 Å². The standard InChI is InChI=1S/C18H24N6/c1-3-16-21-22-18-17(19-12-13-8-7-11-23(13)4-2)20-14-9-5-6-10-15(14)24(16)18/h5-6,9-10,13H,3-4,7-8,11-12H2,1-2H3,(H,19,20). The summed E-state index contributed by atoms with van der Waals surface area (Å²) < 4.78 is 2.14. The zero-order valence-electron chi connectivity index (χ0n) is 14.4. The van der Waals surface area contributed by atoms with Crippen molar-refractivity contribution in [1.82, 2.24) is 24.5 Å². The van der Waals surface area contributed by atoms with E-state index in [0.717, 1.165) is 47.8 Å². The van der Waals surface area contributed by atoms with Crippen molar-refractivity contribution in [3.63, 3.8) is 0 Å². The predicted molar refractivity (Wildman–Crippen MR) is 96.4 cm³/mol. The quantitative estimate of drug-likeness (QED) is 0.782. The molecule has 3 heterocycles. The lowest BCUT2D eigenvalue weighted by Crippen LogP contribution is -2.34. The van der Waals surface area contributed by atoms with Crippen LogP contribution in [0.3, 0.4) is 0 Å². The highest BCUT2D eigenvalue weighted by atomic mass is 15.3. The third-order valence-electron chi connectivity index (χ3n) is 5.02. The van der Waals surface area contributed by atoms with Gasteiger partial charge in [-0.25, -0.2) is 4.98 Å². The van der Waals surface area contributed by atoms with Crippen LogP contribution < -0.4 is 5.32 Å². The molecule has 1 N–H and O–H groups in total. The van der Waals surface area contributed by atoms with Crippen molar-refractivity contribution in [3.05, 3.63) is 30.1 Å². The Hall–Kier alpha value is -2.21. The second-order valence-corrected chi connectivity index (χ2v) is 6.38. The largest absolute Gasteiger partial charge is 0.365 e. The summed E-state index contributed by atoms with van der Waals surface area (Å²) in [7, 11) is 0. The van der Waals surface area contributed by atoms with Crippen LogP contribution in [0, 0.1) is 0 Å². The molecular weight excluding hydrogens is 300 g/mol. The van der Waals surface area contributed by atoms with Gasteiger partial charge in [-0.15, -0.1) is 10.2 Å². The zero-order chi connectivity index (χ0) is 16.5. The van der Waals surface area contributed by atoms with Gasteiger partial charge in [-0.1, -0.05) is 26.0 Å². The minimum absolute atomic E-state index is 0.580. The van der Waals surface area contributed by atoms with E-state index >= 15 is 0 Å². The van der Waals surface area contributed by atoms with Crippen molar-refractivity contribution in [3.8, 4) is 0 Å². The first kappa shape index (κ1) is 15.3. The predicted octanol–water partition coefficient (Wildman–Crippen LogP) is 2.74. The summed E-state index contributed by atoms with van der Waals surface area (Å²) in [5.41, 5.74) is 2.86. The molecule has 2 aromatic heterocycles. The Kier molecular flexibility index (Phi) is 4.06. The number of nitrogens with one attached hydrogen (secondary N) is 1. The van der Waals surface area contributed by atoms with E-state index in [2.05, 4.69) is 44.7 Å². The summed E-state index contributed by atoms with van der Waals surface area (Å²) in [6.45, 7) is 7.56. The number of hydrogen-bond acceptors (Lipinski definition) is 5. The third kappa shape index (κ3) is 2.51. The van der Waals surface area contributed by atoms with Gasteiger partial charge in [0.05, 0.1) is 11.0 Å². The summed E-state index contributed by atoms with van der Waals surface area (Å²) in [6.07, 6.45) is 3.38. The Morgan fingerprint density at radius 3 is 2.92 bits per heavy atom. The van der Waals surface area contributed by atoms with Crippen LogP contribution in [0.2, 0.25) is 0 Å². The van der Waals surface area contributed by atoms with Crippen LogP contribution in [0.15, 0.2) is 24.3 Å². The molecule has 0 radical (unpaired) electrons. The van der Waals surface area contributed by atoms with Crippen LogP contribution in [0.5, 0.6) is 0 Å². The van der Waals surface area contributed by atoms with Crippen molar-refractivity contribution in [2.45, 2.75) is 39.2 Å². The number of aromatic nitrogens is 4. The number of aryl methyl sites for hydroxylation is 1. The molecule has 0 aliphatic carbocycles. The molecule has 4 rings (SSSR count). The molecule has 0 bridgehead atoms. The van der Waals surface area contributed by atoms with E-state index < -0.39 is 0 Å². The summed E-state index contributed by atoms with van der Waals surface area (Å²) in [5, 5.41) is 12.3. The maximum Gasteiger partial charge on any atom is 0.204 e. The second kappa shape index (κ2) is 6.36. The number of likely N-dealkylation sites (tertiary alicyclic amines) is 1. The van der Waals surface area contributed by atoms with Crippen molar-refractivity contribution >= 4 is 22.5 Å². The number of benzene rings is 1. The molecule has 1 unspecified atom stereocenters. The van der Waals surface area contributed by atoms with E-state index in [9.17, 15) is 0 Å². The summed E-state index contributed by atoms with van der Waals surface area (Å²) in [6, 6.07) is 8.77. The van der Waals surface area contributed by atoms with Crippen LogP contribution in [0.1, 0.15) is 32.5 Å². The molecule has 0 amide bonds. The van der Waals surface area contributed by atoms with Gasteiger partial charge in [0.25, 0.3) is 0 Å². The SMILES string of the molecule is CCc1nnc2c(NCC3CCCN3CC)nc3ccccc3n12. The van der Waals surface area contributed by atoms with Crippen LogP contribution in [-0.4, -0.2) is 50.2 Å². The topological polar surface area (TPSA) is 58.4 Å². The molecule has 1 saturated heterocycles. The lowest BCUT2D eigenvalue weighted by molar-refractivity contribution is 0.277. The Morgan fingerprint density at radius 1 is 1.21 bits per heavy atom. The van der Waals surface area contributed by atoms with E-state index in [1.165, 1.54) is 19.4 Å². The Balaban J connectivity index is 1.73. The van der Waals surface area contributed by atoms with Crippen LogP contribution in [-0.2, 0) is 6.42 Å². The highest BCUT2D eigenvalue weighted by Crippen LogP contribution is 2.23. The first-order chi connectivity index (χ1) is 11.8. The summed E-state index contributed by atoms with van der Waals surface area (Å²) in [4.78, 5) is 7.34. The normalized spacial score (nSPS) is 18.7. The van der Waals surface area contributed by atoms with Gasteiger partial charge in [-0.2, -0.15) is 0 Å². The number of nitrogens with zero attached hydrogens (tertiary/aromatic N) is 5. The molecular formula is C18H24N6. The average Bonchev–Trinajstić information content (AvgIpc) is 3.26. The van der Waals surface area contributed by atoms with Gasteiger partial charge in [0.15, 0.2) is 5.82 Å². The lowest BCUT2D eigenvalue weighted by Gasteiger charge is -2.23. The summed E-state index contributed by atoms with van der Waals surface area (Å²) >= 11 is 0. The van der Waals surface area contributed by atoms with Crippen molar-refractivity contribution < 1.29 is 0 Å². The van der Waals surface area contributed by atoms with E-state index in [4.69, 9.17) is 4.98 Å².